The second kappa shape index (κ2) is 46.7. The third kappa shape index (κ3) is 35.4. The summed E-state index contributed by atoms with van der Waals surface area (Å²) in [5.41, 5.74) is 0. The largest absolute Gasteiger partial charge is 0.454 e. The molecule has 69 heavy (non-hydrogen) atoms. The van der Waals surface area contributed by atoms with Crippen LogP contribution in [0.15, 0.2) is 48.6 Å². The number of amides is 1. The Morgan fingerprint density at radius 1 is 0.565 bits per heavy atom. The van der Waals surface area contributed by atoms with Crippen LogP contribution < -0.4 is 5.32 Å². The Bertz CT molecular complexity index is 1300. The van der Waals surface area contributed by atoms with Gasteiger partial charge in [0.1, 0.15) is 24.4 Å². The smallest absolute Gasteiger partial charge is 0.306 e. The van der Waals surface area contributed by atoms with E-state index in [0.717, 1.165) is 83.5 Å². The van der Waals surface area contributed by atoms with Crippen molar-refractivity contribution in [2.24, 2.45) is 0 Å². The zero-order valence-corrected chi connectivity index (χ0v) is 44.2. The summed E-state index contributed by atoms with van der Waals surface area (Å²) < 4.78 is 17.5. The van der Waals surface area contributed by atoms with Crippen LogP contribution in [0, 0.1) is 0 Å². The fraction of sp³-hybridized carbons (Fsp3) is 0.828. The van der Waals surface area contributed by atoms with Gasteiger partial charge in [-0.2, -0.15) is 0 Å². The van der Waals surface area contributed by atoms with Gasteiger partial charge >= 0.3 is 5.97 Å². The normalized spacial score (nSPS) is 20.1. The molecule has 11 nitrogen and oxygen atoms in total. The summed E-state index contributed by atoms with van der Waals surface area (Å²) in [6, 6.07) is -1.03. The molecule has 1 rings (SSSR count). The van der Waals surface area contributed by atoms with Crippen LogP contribution >= 0.6 is 0 Å². The van der Waals surface area contributed by atoms with E-state index in [9.17, 15) is 35.1 Å². The van der Waals surface area contributed by atoms with Gasteiger partial charge in [-0.25, -0.2) is 0 Å². The number of ether oxygens (including phenoxy) is 3. The molecule has 0 aliphatic carbocycles. The number of rotatable bonds is 47. The number of aliphatic hydroxyl groups excluding tert-OH is 5. The Labute approximate surface area is 421 Å². The molecule has 8 unspecified atom stereocenters. The summed E-state index contributed by atoms with van der Waals surface area (Å²) >= 11 is 0. The Morgan fingerprint density at radius 2 is 1.00 bits per heavy atom. The minimum Gasteiger partial charge on any atom is -0.454 e. The lowest BCUT2D eigenvalue weighted by Crippen LogP contribution is -2.61. The van der Waals surface area contributed by atoms with E-state index in [2.05, 4.69) is 62.5 Å². The van der Waals surface area contributed by atoms with Crippen molar-refractivity contribution in [1.29, 1.82) is 0 Å². The summed E-state index contributed by atoms with van der Waals surface area (Å²) in [7, 11) is 0. The van der Waals surface area contributed by atoms with Crippen LogP contribution in [0.3, 0.4) is 0 Å². The van der Waals surface area contributed by atoms with Crippen molar-refractivity contribution in [3.05, 3.63) is 48.6 Å². The van der Waals surface area contributed by atoms with Gasteiger partial charge in [0.05, 0.1) is 25.4 Å². The first-order chi connectivity index (χ1) is 33.7. The molecule has 0 spiro atoms. The standard InChI is InChI=1S/C58H105NO10/c1-4-7-10-13-16-19-22-23-24-25-26-27-28-31-33-36-39-42-45-51(62)57(66)59-49(50(61)44-41-38-35-32-29-20-17-14-11-8-5-2)48-67-58-56(55(65)54(64)52(47-60)68-58)69-53(63)46-43-40-37-34-30-21-18-15-12-9-6-3/h16,19,23-24,26-27,41,44,49-52,54-56,58,60-62,64-65H,4-15,17-18,20-22,25,28-40,42-43,45-48H2,1-3H3,(H,59,66)/b19-16-,24-23-,27-26-,44-41+. The van der Waals surface area contributed by atoms with Crippen molar-refractivity contribution in [3.63, 3.8) is 0 Å². The number of aliphatic hydroxyl groups is 5. The second-order valence-corrected chi connectivity index (χ2v) is 19.7. The van der Waals surface area contributed by atoms with Gasteiger partial charge in [-0.15, -0.1) is 0 Å². The lowest BCUT2D eigenvalue weighted by molar-refractivity contribution is -0.305. The van der Waals surface area contributed by atoms with Gasteiger partial charge in [-0.1, -0.05) is 223 Å². The molecule has 1 amide bonds. The summed E-state index contributed by atoms with van der Waals surface area (Å²) in [6.45, 7) is 5.72. The number of allylic oxidation sites excluding steroid dienone is 7. The fourth-order valence-corrected chi connectivity index (χ4v) is 8.66. The molecular formula is C58H105NO10. The number of carbonyl (C=O) groups excluding carboxylic acids is 2. The van der Waals surface area contributed by atoms with Crippen LogP contribution in [0.4, 0.5) is 0 Å². The highest BCUT2D eigenvalue weighted by atomic mass is 16.7. The van der Waals surface area contributed by atoms with Crippen LogP contribution in [0.25, 0.3) is 0 Å². The number of hydrogen-bond acceptors (Lipinski definition) is 10. The quantitative estimate of drug-likeness (QED) is 0.0196. The van der Waals surface area contributed by atoms with Gasteiger partial charge < -0.3 is 45.1 Å². The van der Waals surface area contributed by atoms with Crippen molar-refractivity contribution < 1.29 is 49.3 Å². The van der Waals surface area contributed by atoms with Crippen LogP contribution in [0.5, 0.6) is 0 Å². The molecule has 11 heteroatoms. The van der Waals surface area contributed by atoms with Gasteiger partial charge in [0, 0.05) is 6.42 Å². The van der Waals surface area contributed by atoms with Crippen LogP contribution in [-0.2, 0) is 23.8 Å². The predicted molar refractivity (Wildman–Crippen MR) is 283 cm³/mol. The number of carbonyl (C=O) groups is 2. The molecule has 6 N–H and O–H groups in total. The molecule has 0 radical (unpaired) electrons. The van der Waals surface area contributed by atoms with Crippen molar-refractivity contribution in [3.8, 4) is 0 Å². The molecule has 8 atom stereocenters. The van der Waals surface area contributed by atoms with E-state index in [1.807, 2.05) is 6.08 Å². The topological polar surface area (TPSA) is 175 Å². The van der Waals surface area contributed by atoms with Crippen molar-refractivity contribution in [2.45, 2.75) is 294 Å². The van der Waals surface area contributed by atoms with Crippen LogP contribution in [0.2, 0.25) is 0 Å². The van der Waals surface area contributed by atoms with E-state index in [4.69, 9.17) is 14.2 Å². The number of nitrogens with one attached hydrogen (secondary N) is 1. The van der Waals surface area contributed by atoms with Gasteiger partial charge in [0.15, 0.2) is 12.4 Å². The molecular weight excluding hydrogens is 871 g/mol. The molecule has 402 valence electrons. The first-order valence-corrected chi connectivity index (χ1v) is 28.4. The molecule has 1 aliphatic heterocycles. The Kier molecular flexibility index (Phi) is 43.7. The highest BCUT2D eigenvalue weighted by molar-refractivity contribution is 5.80. The second-order valence-electron chi connectivity index (χ2n) is 19.7. The lowest BCUT2D eigenvalue weighted by atomic mass is 9.99. The number of hydrogen-bond donors (Lipinski definition) is 6. The molecule has 1 fully saturated rings. The van der Waals surface area contributed by atoms with E-state index < -0.39 is 67.4 Å². The highest BCUT2D eigenvalue weighted by Gasteiger charge is 2.47. The summed E-state index contributed by atoms with van der Waals surface area (Å²) in [4.78, 5) is 26.4. The average Bonchev–Trinajstić information content (AvgIpc) is 3.34. The SMILES string of the molecule is CCCCC/C=C\C/C=C\C/C=C\CCCCCCCC(O)C(=O)NC(COC1OC(CO)C(O)C(O)C1OC(=O)CCCCCCCCCCCCC)C(O)/C=C/CCCCCCCCCCC. The molecule has 0 aromatic heterocycles. The van der Waals surface area contributed by atoms with E-state index in [-0.39, 0.29) is 19.4 Å². The van der Waals surface area contributed by atoms with Crippen molar-refractivity contribution >= 4 is 11.9 Å². The first-order valence-electron chi connectivity index (χ1n) is 28.4. The lowest BCUT2D eigenvalue weighted by Gasteiger charge is -2.41. The maximum atomic E-state index is 13.4. The highest BCUT2D eigenvalue weighted by Crippen LogP contribution is 2.26. The van der Waals surface area contributed by atoms with E-state index in [1.165, 1.54) is 116 Å². The molecule has 1 aliphatic rings. The monoisotopic (exact) mass is 976 g/mol. The van der Waals surface area contributed by atoms with E-state index in [1.54, 1.807) is 6.08 Å². The van der Waals surface area contributed by atoms with Crippen LogP contribution in [0.1, 0.15) is 245 Å². The minimum absolute atomic E-state index is 0.124. The third-order valence-electron chi connectivity index (χ3n) is 13.2. The minimum atomic E-state index is -1.61. The summed E-state index contributed by atoms with van der Waals surface area (Å²) in [5, 5.41) is 56.7. The molecule has 0 bridgehead atoms. The van der Waals surface area contributed by atoms with E-state index >= 15 is 0 Å². The summed E-state index contributed by atoms with van der Waals surface area (Å²) in [5.74, 6) is -1.21. The van der Waals surface area contributed by atoms with E-state index in [0.29, 0.717) is 12.8 Å². The number of unbranched alkanes of at least 4 members (excludes halogenated alkanes) is 27. The van der Waals surface area contributed by atoms with Crippen LogP contribution in [-0.4, -0.2) is 99.6 Å². The number of esters is 1. The van der Waals surface area contributed by atoms with Gasteiger partial charge in [-0.05, 0) is 64.2 Å². The fourth-order valence-electron chi connectivity index (χ4n) is 8.66. The zero-order valence-electron chi connectivity index (χ0n) is 44.2. The maximum Gasteiger partial charge on any atom is 0.306 e. The summed E-state index contributed by atoms with van der Waals surface area (Å²) in [6.07, 6.45) is 44.4. The first kappa shape index (κ1) is 64.6. The average molecular weight is 976 g/mol. The Balaban J connectivity index is 2.73. The van der Waals surface area contributed by atoms with Gasteiger partial charge in [0.2, 0.25) is 5.91 Å². The van der Waals surface area contributed by atoms with Crippen molar-refractivity contribution in [2.75, 3.05) is 13.2 Å². The zero-order chi connectivity index (χ0) is 50.4. The molecule has 1 saturated heterocycles. The molecule has 0 saturated carbocycles. The Morgan fingerprint density at radius 3 is 1.52 bits per heavy atom. The maximum absolute atomic E-state index is 13.4. The molecule has 0 aromatic rings. The predicted octanol–water partition coefficient (Wildman–Crippen LogP) is 12.5. The van der Waals surface area contributed by atoms with Crippen molar-refractivity contribution in [1.82, 2.24) is 5.32 Å². The molecule has 0 aromatic carbocycles. The Hall–Kier alpha value is -2.38. The molecule has 1 heterocycles. The third-order valence-corrected chi connectivity index (χ3v) is 13.2. The van der Waals surface area contributed by atoms with Gasteiger partial charge in [-0.3, -0.25) is 9.59 Å². The van der Waals surface area contributed by atoms with Gasteiger partial charge in [0.25, 0.3) is 0 Å².